The van der Waals surface area contributed by atoms with Crippen molar-refractivity contribution < 1.29 is 24.0 Å². The van der Waals surface area contributed by atoms with Crippen molar-refractivity contribution in [2.45, 2.75) is 24.4 Å². The number of amides is 1. The summed E-state index contributed by atoms with van der Waals surface area (Å²) in [6.07, 6.45) is 3.74. The van der Waals surface area contributed by atoms with Crippen molar-refractivity contribution in [3.8, 4) is 5.75 Å². The summed E-state index contributed by atoms with van der Waals surface area (Å²) in [5, 5.41) is 14.4. The van der Waals surface area contributed by atoms with Crippen molar-refractivity contribution >= 4 is 40.6 Å². The maximum absolute atomic E-state index is 14.4. The fraction of sp³-hybridized carbons (Fsp3) is 0.207. The van der Waals surface area contributed by atoms with Gasteiger partial charge < -0.3 is 15.0 Å². The van der Waals surface area contributed by atoms with Crippen LogP contribution in [0.15, 0.2) is 72.8 Å². The van der Waals surface area contributed by atoms with Gasteiger partial charge in [0.05, 0.1) is 30.0 Å². The Morgan fingerprint density at radius 3 is 2.61 bits per heavy atom. The number of nitro benzene ring substituents is 1. The molecule has 1 N–H and O–H groups in total. The van der Waals surface area contributed by atoms with Crippen LogP contribution in [0.4, 0.5) is 17.1 Å². The predicted molar refractivity (Wildman–Crippen MR) is 140 cm³/mol. The van der Waals surface area contributed by atoms with Gasteiger partial charge in [-0.15, -0.1) is 0 Å². The second-order valence-corrected chi connectivity index (χ2v) is 9.71. The average Bonchev–Trinajstić information content (AvgIpc) is 3.40. The summed E-state index contributed by atoms with van der Waals surface area (Å²) in [7, 11) is 1.56. The number of nitrogens with one attached hydrogen (secondary N) is 1. The second kappa shape index (κ2) is 8.37. The van der Waals surface area contributed by atoms with Crippen LogP contribution in [0.1, 0.15) is 28.4 Å². The number of nitrogens with zero attached hydrogens (tertiary/aromatic N) is 2. The van der Waals surface area contributed by atoms with Crippen molar-refractivity contribution in [3.05, 3.63) is 99.6 Å². The number of para-hydroxylation sites is 1. The first-order valence-electron chi connectivity index (χ1n) is 12.1. The maximum Gasteiger partial charge on any atom is 0.270 e. The predicted octanol–water partition coefficient (Wildman–Crippen LogP) is 4.17. The van der Waals surface area contributed by atoms with E-state index in [-0.39, 0.29) is 22.9 Å². The number of ether oxygens (including phenoxy) is 1. The highest BCUT2D eigenvalue weighted by Crippen LogP contribution is 2.58. The first kappa shape index (κ1) is 23.6. The van der Waals surface area contributed by atoms with Crippen LogP contribution in [0.2, 0.25) is 0 Å². The quantitative estimate of drug-likeness (QED) is 0.312. The van der Waals surface area contributed by atoms with Gasteiger partial charge in [-0.2, -0.15) is 0 Å². The molecule has 1 spiro atoms. The van der Waals surface area contributed by atoms with E-state index >= 15 is 0 Å². The molecule has 0 saturated carbocycles. The Balaban J connectivity index is 1.63. The monoisotopic (exact) mass is 509 g/mol. The highest BCUT2D eigenvalue weighted by molar-refractivity contribution is 6.16. The van der Waals surface area contributed by atoms with Gasteiger partial charge in [0, 0.05) is 34.6 Å². The van der Waals surface area contributed by atoms with Crippen LogP contribution in [0.5, 0.6) is 5.75 Å². The molecule has 1 fully saturated rings. The van der Waals surface area contributed by atoms with E-state index in [2.05, 4.69) is 5.32 Å². The van der Waals surface area contributed by atoms with Crippen LogP contribution in [-0.2, 0) is 15.0 Å². The molecule has 3 aliphatic rings. The molecule has 6 rings (SSSR count). The molecule has 3 aromatic rings. The standard InChI is InChI=1S/C29H23N3O6/c1-16(33)26-25(27(34)18-6-5-7-19(14-18)32(36)37)29(21-8-3-4-9-22(21)30-28(29)35)24-13-10-17-15-20(38-2)11-12-23(17)31(24)26/h3-15,24-26H,1-2H3,(H,30,35)/t24-,25+,26+,29-/m0/s1. The molecule has 0 aliphatic carbocycles. The maximum atomic E-state index is 14.4. The van der Waals surface area contributed by atoms with Crippen LogP contribution >= 0.6 is 0 Å². The zero-order valence-corrected chi connectivity index (χ0v) is 20.6. The minimum atomic E-state index is -1.44. The van der Waals surface area contributed by atoms with E-state index < -0.39 is 34.1 Å². The number of carbonyl (C=O) groups is 3. The van der Waals surface area contributed by atoms with E-state index in [0.717, 1.165) is 5.56 Å². The number of Topliss-reactive ketones (excluding diaryl/α,β-unsaturated/α-hetero) is 2. The minimum absolute atomic E-state index is 0.0748. The average molecular weight is 510 g/mol. The van der Waals surface area contributed by atoms with Crippen LogP contribution < -0.4 is 15.0 Å². The fourth-order valence-corrected chi connectivity index (χ4v) is 6.39. The summed E-state index contributed by atoms with van der Waals surface area (Å²) in [4.78, 5) is 54.6. The van der Waals surface area contributed by atoms with Crippen LogP contribution in [-0.4, -0.2) is 41.6 Å². The fourth-order valence-electron chi connectivity index (χ4n) is 6.39. The second-order valence-electron chi connectivity index (χ2n) is 9.71. The highest BCUT2D eigenvalue weighted by Gasteiger charge is 2.69. The normalized spacial score (nSPS) is 24.4. The summed E-state index contributed by atoms with van der Waals surface area (Å²) in [6, 6.07) is 16.4. The van der Waals surface area contributed by atoms with Gasteiger partial charge in [-0.3, -0.25) is 24.5 Å². The van der Waals surface area contributed by atoms with Crippen molar-refractivity contribution in [2.24, 2.45) is 5.92 Å². The third-order valence-electron chi connectivity index (χ3n) is 7.88. The van der Waals surface area contributed by atoms with Gasteiger partial charge in [-0.25, -0.2) is 0 Å². The number of hydrogen-bond donors (Lipinski definition) is 1. The Morgan fingerprint density at radius 2 is 1.87 bits per heavy atom. The summed E-state index contributed by atoms with van der Waals surface area (Å²) < 4.78 is 5.38. The lowest BCUT2D eigenvalue weighted by molar-refractivity contribution is -0.384. The smallest absolute Gasteiger partial charge is 0.270 e. The number of carbonyl (C=O) groups excluding carboxylic acids is 3. The topological polar surface area (TPSA) is 119 Å². The molecule has 0 unspecified atom stereocenters. The van der Waals surface area contributed by atoms with Gasteiger partial charge in [0.2, 0.25) is 5.91 Å². The highest BCUT2D eigenvalue weighted by atomic mass is 16.6. The van der Waals surface area contributed by atoms with E-state index in [4.69, 9.17) is 4.74 Å². The van der Waals surface area contributed by atoms with E-state index in [1.807, 2.05) is 29.2 Å². The largest absolute Gasteiger partial charge is 0.497 e. The zero-order chi connectivity index (χ0) is 26.8. The zero-order valence-electron chi connectivity index (χ0n) is 20.6. The first-order valence-corrected chi connectivity index (χ1v) is 12.1. The van der Waals surface area contributed by atoms with Crippen LogP contribution in [0.3, 0.4) is 0 Å². The molecule has 9 nitrogen and oxygen atoms in total. The Labute approximate surface area is 217 Å². The number of anilines is 2. The Bertz CT molecular complexity index is 1580. The minimum Gasteiger partial charge on any atom is -0.497 e. The van der Waals surface area contributed by atoms with E-state index in [9.17, 15) is 24.5 Å². The third-order valence-corrected chi connectivity index (χ3v) is 7.88. The van der Waals surface area contributed by atoms with Crippen LogP contribution in [0.25, 0.3) is 6.08 Å². The lowest BCUT2D eigenvalue weighted by Gasteiger charge is -2.37. The van der Waals surface area contributed by atoms with Gasteiger partial charge >= 0.3 is 0 Å². The van der Waals surface area contributed by atoms with E-state index in [1.54, 1.807) is 37.4 Å². The number of non-ortho nitro benzene ring substituents is 1. The summed E-state index contributed by atoms with van der Waals surface area (Å²) in [5.74, 6) is -1.69. The lowest BCUT2D eigenvalue weighted by Crippen LogP contribution is -2.51. The van der Waals surface area contributed by atoms with E-state index in [1.165, 1.54) is 31.2 Å². The first-order chi connectivity index (χ1) is 18.3. The Kier molecular flexibility index (Phi) is 5.20. The number of rotatable bonds is 5. The number of nitro groups is 1. The van der Waals surface area contributed by atoms with Gasteiger partial charge in [0.1, 0.15) is 11.2 Å². The number of hydrogen-bond acceptors (Lipinski definition) is 7. The van der Waals surface area contributed by atoms with Crippen molar-refractivity contribution in [2.75, 3.05) is 17.3 Å². The van der Waals surface area contributed by atoms with Gasteiger partial charge in [0.15, 0.2) is 11.6 Å². The van der Waals surface area contributed by atoms with Crippen molar-refractivity contribution in [3.63, 3.8) is 0 Å². The van der Waals surface area contributed by atoms with Gasteiger partial charge in [-0.1, -0.05) is 42.5 Å². The molecule has 3 aliphatic heterocycles. The molecular formula is C29H23N3O6. The van der Waals surface area contributed by atoms with Gasteiger partial charge in [0.25, 0.3) is 5.69 Å². The number of fused-ring (bicyclic) bond motifs is 6. The molecule has 3 aromatic carbocycles. The lowest BCUT2D eigenvalue weighted by atomic mass is 9.64. The molecular weight excluding hydrogens is 486 g/mol. The van der Waals surface area contributed by atoms with Gasteiger partial charge in [-0.05, 0) is 36.8 Å². The Morgan fingerprint density at radius 1 is 1.08 bits per heavy atom. The molecule has 4 atom stereocenters. The molecule has 1 saturated heterocycles. The van der Waals surface area contributed by atoms with E-state index in [0.29, 0.717) is 22.7 Å². The molecule has 190 valence electrons. The third kappa shape index (κ3) is 3.08. The molecule has 9 heteroatoms. The number of methoxy groups -OCH3 is 1. The molecule has 0 radical (unpaired) electrons. The van der Waals surface area contributed by atoms with Crippen molar-refractivity contribution in [1.29, 1.82) is 0 Å². The molecule has 1 amide bonds. The molecule has 0 bridgehead atoms. The number of ketones is 2. The van der Waals surface area contributed by atoms with Crippen molar-refractivity contribution in [1.82, 2.24) is 0 Å². The van der Waals surface area contributed by atoms with Crippen LogP contribution in [0, 0.1) is 16.0 Å². The SMILES string of the molecule is COc1ccc2c(c1)C=C[C@@H]1N2[C@H](C(C)=O)[C@H](C(=O)c2cccc([N+](=O)[O-])c2)[C@@]12C(=O)Nc1ccccc12. The summed E-state index contributed by atoms with van der Waals surface area (Å²) >= 11 is 0. The molecule has 0 aromatic heterocycles. The molecule has 38 heavy (non-hydrogen) atoms. The molecule has 3 heterocycles. The Hall–Kier alpha value is -4.79. The summed E-state index contributed by atoms with van der Waals surface area (Å²) in [5.41, 5.74) is 1.07. The summed E-state index contributed by atoms with van der Waals surface area (Å²) in [6.45, 7) is 1.41. The number of benzene rings is 3.